The lowest BCUT2D eigenvalue weighted by atomic mass is 10.0. The Morgan fingerprint density at radius 1 is 1.37 bits per heavy atom. The second kappa shape index (κ2) is 8.23. The van der Waals surface area contributed by atoms with Gasteiger partial charge in [0.2, 0.25) is 0 Å². The number of hydrogen-bond donors (Lipinski definition) is 1. The molecule has 1 rings (SSSR count). The van der Waals surface area contributed by atoms with E-state index in [0.717, 1.165) is 26.1 Å². The van der Waals surface area contributed by atoms with E-state index >= 15 is 0 Å². The first-order valence-electron chi connectivity index (χ1n) is 7.99. The van der Waals surface area contributed by atoms with Crippen molar-refractivity contribution in [3.8, 4) is 0 Å². The summed E-state index contributed by atoms with van der Waals surface area (Å²) in [6.07, 6.45) is 4.12. The van der Waals surface area contributed by atoms with Crippen molar-refractivity contribution in [2.75, 3.05) is 32.8 Å². The van der Waals surface area contributed by atoms with E-state index in [1.807, 2.05) is 0 Å². The van der Waals surface area contributed by atoms with Gasteiger partial charge in [0.15, 0.2) is 0 Å². The van der Waals surface area contributed by atoms with Gasteiger partial charge >= 0.3 is 0 Å². The lowest BCUT2D eigenvalue weighted by Crippen LogP contribution is -2.45. The summed E-state index contributed by atoms with van der Waals surface area (Å²) in [5.74, 6) is 0.698. The first kappa shape index (κ1) is 16.9. The van der Waals surface area contributed by atoms with Crippen molar-refractivity contribution in [2.45, 2.75) is 65.5 Å². The molecule has 2 unspecified atom stereocenters. The van der Waals surface area contributed by atoms with Crippen LogP contribution >= 0.6 is 0 Å². The molecule has 1 aliphatic rings. The third-order valence-electron chi connectivity index (χ3n) is 3.57. The van der Waals surface area contributed by atoms with Crippen LogP contribution in [0.3, 0.4) is 0 Å². The lowest BCUT2D eigenvalue weighted by molar-refractivity contribution is -0.00338. The number of ether oxygens (including phenoxy) is 1. The van der Waals surface area contributed by atoms with Crippen LogP contribution in [0.5, 0.6) is 0 Å². The molecule has 1 N–H and O–H groups in total. The van der Waals surface area contributed by atoms with Crippen LogP contribution in [0.15, 0.2) is 0 Å². The Bertz CT molecular complexity index is 237. The lowest BCUT2D eigenvalue weighted by Gasteiger charge is -2.34. The Labute approximate surface area is 120 Å². The smallest absolute Gasteiger partial charge is 0.0702 e. The van der Waals surface area contributed by atoms with Crippen LogP contribution < -0.4 is 5.32 Å². The van der Waals surface area contributed by atoms with E-state index in [0.29, 0.717) is 12.0 Å². The molecule has 0 aromatic carbocycles. The van der Waals surface area contributed by atoms with Crippen molar-refractivity contribution in [1.82, 2.24) is 10.2 Å². The highest BCUT2D eigenvalue weighted by Crippen LogP contribution is 2.15. The van der Waals surface area contributed by atoms with E-state index in [1.165, 1.54) is 25.9 Å². The van der Waals surface area contributed by atoms with Gasteiger partial charge in [-0.3, -0.25) is 0 Å². The zero-order valence-corrected chi connectivity index (χ0v) is 13.7. The predicted molar refractivity (Wildman–Crippen MR) is 82.6 cm³/mol. The van der Waals surface area contributed by atoms with Crippen LogP contribution in [0.25, 0.3) is 0 Å². The second-order valence-corrected chi connectivity index (χ2v) is 7.13. The van der Waals surface area contributed by atoms with Crippen LogP contribution in [0.1, 0.15) is 53.9 Å². The third kappa shape index (κ3) is 7.91. The van der Waals surface area contributed by atoms with Crippen LogP contribution in [-0.2, 0) is 4.74 Å². The Kier molecular flexibility index (Phi) is 7.33. The second-order valence-electron chi connectivity index (χ2n) is 7.13. The molecule has 1 aliphatic heterocycles. The Hall–Kier alpha value is -0.120. The molecule has 19 heavy (non-hydrogen) atoms. The van der Waals surface area contributed by atoms with Crippen LogP contribution in [-0.4, -0.2) is 49.3 Å². The van der Waals surface area contributed by atoms with Gasteiger partial charge in [-0.15, -0.1) is 0 Å². The van der Waals surface area contributed by atoms with Crippen LogP contribution in [0.4, 0.5) is 0 Å². The zero-order chi connectivity index (χ0) is 14.3. The Morgan fingerprint density at radius 3 is 2.74 bits per heavy atom. The molecule has 1 heterocycles. The molecule has 3 heteroatoms. The molecular weight excluding hydrogens is 236 g/mol. The molecule has 2 atom stereocenters. The highest BCUT2D eigenvalue weighted by Gasteiger charge is 2.21. The van der Waals surface area contributed by atoms with Gasteiger partial charge in [-0.05, 0) is 59.0 Å². The maximum atomic E-state index is 5.90. The summed E-state index contributed by atoms with van der Waals surface area (Å²) in [6.45, 7) is 16.8. The number of rotatable bonds is 7. The summed E-state index contributed by atoms with van der Waals surface area (Å²) in [5.41, 5.74) is 0.225. The average Bonchev–Trinajstić information content (AvgIpc) is 2.33. The Morgan fingerprint density at radius 2 is 2.11 bits per heavy atom. The fourth-order valence-corrected chi connectivity index (χ4v) is 2.59. The van der Waals surface area contributed by atoms with Crippen molar-refractivity contribution in [3.05, 3.63) is 0 Å². The summed E-state index contributed by atoms with van der Waals surface area (Å²) in [4.78, 5) is 2.58. The molecule has 0 aliphatic carbocycles. The molecule has 0 amide bonds. The van der Waals surface area contributed by atoms with Crippen molar-refractivity contribution < 1.29 is 4.74 Å². The summed E-state index contributed by atoms with van der Waals surface area (Å²) in [6, 6.07) is 0. The number of hydrogen-bond acceptors (Lipinski definition) is 3. The molecule has 0 radical (unpaired) electrons. The monoisotopic (exact) mass is 270 g/mol. The molecule has 0 bridgehead atoms. The number of nitrogens with zero attached hydrogens (tertiary/aromatic N) is 1. The summed E-state index contributed by atoms with van der Waals surface area (Å²) >= 11 is 0. The van der Waals surface area contributed by atoms with Gasteiger partial charge in [0.25, 0.3) is 0 Å². The van der Waals surface area contributed by atoms with Gasteiger partial charge in [0, 0.05) is 25.2 Å². The average molecular weight is 270 g/mol. The maximum absolute atomic E-state index is 5.90. The molecule has 0 aromatic heterocycles. The highest BCUT2D eigenvalue weighted by atomic mass is 16.5. The van der Waals surface area contributed by atoms with E-state index in [1.54, 1.807) is 0 Å². The number of likely N-dealkylation sites (tertiary alicyclic amines) is 1. The van der Waals surface area contributed by atoms with E-state index in [-0.39, 0.29) is 5.54 Å². The predicted octanol–water partition coefficient (Wildman–Crippen LogP) is 2.90. The molecular formula is C16H34N2O. The molecule has 114 valence electrons. The molecule has 3 nitrogen and oxygen atoms in total. The van der Waals surface area contributed by atoms with Crippen LogP contribution in [0.2, 0.25) is 0 Å². The van der Waals surface area contributed by atoms with E-state index < -0.39 is 0 Å². The van der Waals surface area contributed by atoms with Gasteiger partial charge in [-0.25, -0.2) is 0 Å². The van der Waals surface area contributed by atoms with Crippen molar-refractivity contribution >= 4 is 0 Å². The first-order chi connectivity index (χ1) is 8.90. The molecule has 0 aromatic rings. The minimum absolute atomic E-state index is 0.225. The number of piperidine rings is 1. The standard InChI is InChI=1S/C16H34N2O/c1-6-10-19-15-8-7-9-18(13-15)12-14(2)11-17-16(3,4)5/h14-15,17H,6-13H2,1-5H3. The molecule has 0 saturated carbocycles. The molecule has 1 fully saturated rings. The highest BCUT2D eigenvalue weighted by molar-refractivity contribution is 4.77. The molecule has 0 spiro atoms. The summed E-state index contributed by atoms with van der Waals surface area (Å²) < 4.78 is 5.90. The minimum atomic E-state index is 0.225. The maximum Gasteiger partial charge on any atom is 0.0702 e. The SMILES string of the molecule is CCCOC1CCCN(CC(C)CNC(C)(C)C)C1. The van der Waals surface area contributed by atoms with E-state index in [2.05, 4.69) is 44.8 Å². The number of nitrogens with one attached hydrogen (secondary N) is 1. The third-order valence-corrected chi connectivity index (χ3v) is 3.57. The van der Waals surface area contributed by atoms with Gasteiger partial charge in [-0.2, -0.15) is 0 Å². The largest absolute Gasteiger partial charge is 0.377 e. The van der Waals surface area contributed by atoms with Crippen molar-refractivity contribution in [1.29, 1.82) is 0 Å². The fourth-order valence-electron chi connectivity index (χ4n) is 2.59. The van der Waals surface area contributed by atoms with Gasteiger partial charge < -0.3 is 15.0 Å². The minimum Gasteiger partial charge on any atom is -0.377 e. The van der Waals surface area contributed by atoms with Crippen molar-refractivity contribution in [2.24, 2.45) is 5.92 Å². The van der Waals surface area contributed by atoms with E-state index in [4.69, 9.17) is 4.74 Å². The zero-order valence-electron chi connectivity index (χ0n) is 13.7. The van der Waals surface area contributed by atoms with Crippen molar-refractivity contribution in [3.63, 3.8) is 0 Å². The molecule has 1 saturated heterocycles. The fraction of sp³-hybridized carbons (Fsp3) is 1.00. The van der Waals surface area contributed by atoms with Gasteiger partial charge in [-0.1, -0.05) is 13.8 Å². The van der Waals surface area contributed by atoms with Crippen LogP contribution in [0, 0.1) is 5.92 Å². The summed E-state index contributed by atoms with van der Waals surface area (Å²) in [7, 11) is 0. The Balaban J connectivity index is 2.23. The first-order valence-corrected chi connectivity index (χ1v) is 7.99. The van der Waals surface area contributed by atoms with E-state index in [9.17, 15) is 0 Å². The van der Waals surface area contributed by atoms with Gasteiger partial charge in [0.1, 0.15) is 0 Å². The van der Waals surface area contributed by atoms with Gasteiger partial charge in [0.05, 0.1) is 6.10 Å². The normalized spacial score (nSPS) is 23.5. The summed E-state index contributed by atoms with van der Waals surface area (Å²) in [5, 5.41) is 3.60. The topological polar surface area (TPSA) is 24.5 Å². The quantitative estimate of drug-likeness (QED) is 0.770.